The standard InChI is InChI=1S/C29H36BrN3O3/c1-29(2,3)36-28(35)32-20-22-9-7-21(8-10-22)6-5-16-33(4)17-15-31-27(34)25-12-11-24-19-26(30)14-13-23(24)18-25/h7-14,18-19H,5-6,15-17,20H2,1-4H3,(H,31,34)(H,32,35). The van der Waals surface area contributed by atoms with Crippen LogP contribution in [0.5, 0.6) is 0 Å². The molecule has 0 aromatic heterocycles. The van der Waals surface area contributed by atoms with E-state index in [9.17, 15) is 9.59 Å². The number of benzene rings is 3. The average Bonchev–Trinajstić information content (AvgIpc) is 2.82. The van der Waals surface area contributed by atoms with Gasteiger partial charge in [0.2, 0.25) is 0 Å². The van der Waals surface area contributed by atoms with Crippen LogP contribution in [0.3, 0.4) is 0 Å². The lowest BCUT2D eigenvalue weighted by atomic mass is 10.1. The summed E-state index contributed by atoms with van der Waals surface area (Å²) in [4.78, 5) is 26.6. The molecule has 0 saturated carbocycles. The van der Waals surface area contributed by atoms with E-state index in [1.54, 1.807) is 0 Å². The molecule has 0 aliphatic heterocycles. The predicted molar refractivity (Wildman–Crippen MR) is 149 cm³/mol. The lowest BCUT2D eigenvalue weighted by molar-refractivity contribution is 0.0523. The largest absolute Gasteiger partial charge is 0.444 e. The van der Waals surface area contributed by atoms with Crippen molar-refractivity contribution in [2.45, 2.75) is 45.8 Å². The summed E-state index contributed by atoms with van der Waals surface area (Å²) in [6.07, 6.45) is 1.60. The van der Waals surface area contributed by atoms with E-state index in [1.165, 1.54) is 5.56 Å². The second-order valence-electron chi connectivity index (χ2n) is 10.0. The molecule has 0 aliphatic carbocycles. The molecule has 2 N–H and O–H groups in total. The van der Waals surface area contributed by atoms with Gasteiger partial charge in [0.15, 0.2) is 0 Å². The average molecular weight is 555 g/mol. The maximum atomic E-state index is 12.5. The first-order valence-electron chi connectivity index (χ1n) is 12.3. The minimum atomic E-state index is -0.498. The Bertz CT molecular complexity index is 1170. The normalized spacial score (nSPS) is 11.5. The quantitative estimate of drug-likeness (QED) is 0.327. The third-order valence-corrected chi connectivity index (χ3v) is 6.20. The third kappa shape index (κ3) is 9.28. The number of ether oxygens (including phenoxy) is 1. The molecular formula is C29H36BrN3O3. The van der Waals surface area contributed by atoms with E-state index >= 15 is 0 Å². The second kappa shape index (κ2) is 12.9. The molecule has 192 valence electrons. The van der Waals surface area contributed by atoms with Gasteiger partial charge in [-0.05, 0) is 93.4 Å². The molecule has 0 atom stereocenters. The molecule has 0 fully saturated rings. The number of amides is 2. The van der Waals surface area contributed by atoms with Crippen LogP contribution in [0.4, 0.5) is 4.79 Å². The Morgan fingerprint density at radius 2 is 1.56 bits per heavy atom. The molecule has 3 aromatic rings. The van der Waals surface area contributed by atoms with Crippen LogP contribution in [0.1, 0.15) is 48.7 Å². The number of fused-ring (bicyclic) bond motifs is 1. The first-order valence-corrected chi connectivity index (χ1v) is 13.1. The number of carbonyl (C=O) groups is 2. The molecule has 0 bridgehead atoms. The van der Waals surface area contributed by atoms with E-state index < -0.39 is 11.7 Å². The molecular weight excluding hydrogens is 518 g/mol. The number of halogens is 1. The number of aryl methyl sites for hydroxylation is 1. The van der Waals surface area contributed by atoms with Crippen molar-refractivity contribution in [3.63, 3.8) is 0 Å². The molecule has 0 unspecified atom stereocenters. The highest BCUT2D eigenvalue weighted by Crippen LogP contribution is 2.21. The molecule has 0 aliphatic rings. The zero-order valence-electron chi connectivity index (χ0n) is 21.6. The highest BCUT2D eigenvalue weighted by Gasteiger charge is 2.15. The second-order valence-corrected chi connectivity index (χ2v) is 11.0. The molecule has 36 heavy (non-hydrogen) atoms. The summed E-state index contributed by atoms with van der Waals surface area (Å²) in [6.45, 7) is 8.33. The van der Waals surface area contributed by atoms with Crippen molar-refractivity contribution in [1.82, 2.24) is 15.5 Å². The molecule has 0 saturated heterocycles. The van der Waals surface area contributed by atoms with E-state index in [1.807, 2.05) is 69.3 Å². The van der Waals surface area contributed by atoms with Crippen molar-refractivity contribution >= 4 is 38.7 Å². The van der Waals surface area contributed by atoms with Gasteiger partial charge >= 0.3 is 6.09 Å². The zero-order chi connectivity index (χ0) is 26.1. The van der Waals surface area contributed by atoms with Crippen LogP contribution in [0.2, 0.25) is 0 Å². The van der Waals surface area contributed by atoms with Gasteiger partial charge in [0.25, 0.3) is 5.91 Å². The van der Waals surface area contributed by atoms with Gasteiger partial charge in [-0.2, -0.15) is 0 Å². The molecule has 0 spiro atoms. The minimum absolute atomic E-state index is 0.0468. The Hall–Kier alpha value is -2.90. The Kier molecular flexibility index (Phi) is 9.90. The summed E-state index contributed by atoms with van der Waals surface area (Å²) >= 11 is 3.48. The Morgan fingerprint density at radius 3 is 2.28 bits per heavy atom. The molecule has 7 heteroatoms. The smallest absolute Gasteiger partial charge is 0.407 e. The van der Waals surface area contributed by atoms with E-state index in [4.69, 9.17) is 4.74 Å². The highest BCUT2D eigenvalue weighted by atomic mass is 79.9. The van der Waals surface area contributed by atoms with Crippen LogP contribution in [-0.2, 0) is 17.7 Å². The van der Waals surface area contributed by atoms with Gasteiger partial charge in [-0.1, -0.05) is 52.3 Å². The number of hydrogen-bond acceptors (Lipinski definition) is 4. The van der Waals surface area contributed by atoms with Crippen molar-refractivity contribution in [2.24, 2.45) is 0 Å². The van der Waals surface area contributed by atoms with Gasteiger partial charge < -0.3 is 20.3 Å². The summed E-state index contributed by atoms with van der Waals surface area (Å²) in [6, 6.07) is 20.1. The topological polar surface area (TPSA) is 70.7 Å². The monoisotopic (exact) mass is 553 g/mol. The van der Waals surface area contributed by atoms with Crippen LogP contribution >= 0.6 is 15.9 Å². The maximum Gasteiger partial charge on any atom is 0.407 e. The highest BCUT2D eigenvalue weighted by molar-refractivity contribution is 9.10. The summed E-state index contributed by atoms with van der Waals surface area (Å²) in [5.41, 5.74) is 2.48. The molecule has 3 aromatic carbocycles. The molecule has 2 amide bonds. The van der Waals surface area contributed by atoms with E-state index in [-0.39, 0.29) is 5.91 Å². The fourth-order valence-electron chi connectivity index (χ4n) is 3.80. The van der Waals surface area contributed by atoms with Crippen LogP contribution in [0.15, 0.2) is 65.1 Å². The molecule has 3 rings (SSSR count). The zero-order valence-corrected chi connectivity index (χ0v) is 23.2. The van der Waals surface area contributed by atoms with Gasteiger partial charge in [0.1, 0.15) is 5.60 Å². The lowest BCUT2D eigenvalue weighted by Gasteiger charge is -2.19. The van der Waals surface area contributed by atoms with E-state index in [2.05, 4.69) is 50.6 Å². The summed E-state index contributed by atoms with van der Waals surface area (Å²) in [5, 5.41) is 7.96. The third-order valence-electron chi connectivity index (χ3n) is 5.71. The molecule has 6 nitrogen and oxygen atoms in total. The predicted octanol–water partition coefficient (Wildman–Crippen LogP) is 5.92. The summed E-state index contributed by atoms with van der Waals surface area (Å²) in [5.74, 6) is -0.0468. The van der Waals surface area contributed by atoms with Crippen LogP contribution < -0.4 is 10.6 Å². The van der Waals surface area contributed by atoms with Crippen molar-refractivity contribution in [1.29, 1.82) is 0 Å². The SMILES string of the molecule is CN(CCCc1ccc(CNC(=O)OC(C)(C)C)cc1)CCNC(=O)c1ccc2cc(Br)ccc2c1. The Morgan fingerprint density at radius 1 is 0.889 bits per heavy atom. The fraction of sp³-hybridized carbons (Fsp3) is 0.379. The van der Waals surface area contributed by atoms with Gasteiger partial charge in [-0.3, -0.25) is 4.79 Å². The van der Waals surface area contributed by atoms with Crippen molar-refractivity contribution in [2.75, 3.05) is 26.7 Å². The number of likely N-dealkylation sites (N-methyl/N-ethyl adjacent to an activating group) is 1. The number of nitrogens with zero attached hydrogens (tertiary/aromatic N) is 1. The van der Waals surface area contributed by atoms with E-state index in [0.717, 1.165) is 46.7 Å². The van der Waals surface area contributed by atoms with Gasteiger partial charge in [0, 0.05) is 29.7 Å². The summed E-state index contributed by atoms with van der Waals surface area (Å²) in [7, 11) is 2.07. The van der Waals surface area contributed by atoms with Gasteiger partial charge in [0.05, 0.1) is 0 Å². The Labute approximate surface area is 222 Å². The fourth-order valence-corrected chi connectivity index (χ4v) is 4.18. The van der Waals surface area contributed by atoms with Crippen molar-refractivity contribution in [3.8, 4) is 0 Å². The van der Waals surface area contributed by atoms with Crippen LogP contribution in [0, 0.1) is 0 Å². The van der Waals surface area contributed by atoms with Gasteiger partial charge in [-0.15, -0.1) is 0 Å². The van der Waals surface area contributed by atoms with E-state index in [0.29, 0.717) is 18.7 Å². The number of rotatable bonds is 10. The van der Waals surface area contributed by atoms with Crippen LogP contribution in [-0.4, -0.2) is 49.2 Å². The first-order chi connectivity index (χ1) is 17.1. The van der Waals surface area contributed by atoms with Crippen molar-refractivity contribution in [3.05, 3.63) is 81.8 Å². The number of nitrogens with one attached hydrogen (secondary N) is 2. The molecule has 0 heterocycles. The summed E-state index contributed by atoms with van der Waals surface area (Å²) < 4.78 is 6.29. The lowest BCUT2D eigenvalue weighted by Crippen LogP contribution is -2.33. The van der Waals surface area contributed by atoms with Crippen LogP contribution in [0.25, 0.3) is 10.8 Å². The number of hydrogen-bond donors (Lipinski definition) is 2. The molecule has 0 radical (unpaired) electrons. The maximum absolute atomic E-state index is 12.5. The number of carbonyl (C=O) groups excluding carboxylic acids is 2. The minimum Gasteiger partial charge on any atom is -0.444 e. The Balaban J connectivity index is 1.33. The number of alkyl carbamates (subject to hydrolysis) is 1. The first kappa shape index (κ1) is 27.7. The van der Waals surface area contributed by atoms with Gasteiger partial charge in [-0.25, -0.2) is 4.79 Å². The van der Waals surface area contributed by atoms with Crippen molar-refractivity contribution < 1.29 is 14.3 Å².